The van der Waals surface area contributed by atoms with Gasteiger partial charge in [0.05, 0.1) is 19.8 Å². The summed E-state index contributed by atoms with van der Waals surface area (Å²) in [5, 5.41) is 9.88. The zero-order valence-corrected chi connectivity index (χ0v) is 23.1. The molecule has 0 radical (unpaired) electrons. The molecule has 0 aromatic heterocycles. The molecule has 0 heterocycles. The van der Waals surface area contributed by atoms with Gasteiger partial charge in [-0.15, -0.1) is 0 Å². The number of rotatable bonds is 10. The van der Waals surface area contributed by atoms with Crippen LogP contribution in [0.5, 0.6) is 0 Å². The average molecular weight is 509 g/mol. The number of hydrogen-bond donors (Lipinski definition) is 1. The Balaban J connectivity index is 1.31. The first-order valence-corrected chi connectivity index (χ1v) is 14.1. The highest BCUT2D eigenvalue weighted by Gasteiger charge is 2.61. The minimum absolute atomic E-state index is 0.00983. The van der Waals surface area contributed by atoms with E-state index >= 15 is 0 Å². The maximum absolute atomic E-state index is 12.6. The van der Waals surface area contributed by atoms with E-state index in [4.69, 9.17) is 18.9 Å². The van der Waals surface area contributed by atoms with Crippen LogP contribution in [-0.2, 0) is 28.5 Å². The molecule has 0 spiro atoms. The first-order valence-electron chi connectivity index (χ1n) is 14.1. The fourth-order valence-corrected chi connectivity index (χ4v) is 9.02. The minimum Gasteiger partial charge on any atom is -0.458 e. The fourth-order valence-electron chi connectivity index (χ4n) is 9.02. The molecule has 0 aromatic carbocycles. The van der Waals surface area contributed by atoms with Crippen molar-refractivity contribution >= 4 is 11.8 Å². The zero-order chi connectivity index (χ0) is 26.1. The van der Waals surface area contributed by atoms with Gasteiger partial charge in [0.25, 0.3) is 0 Å². The minimum atomic E-state index is -1.16. The lowest BCUT2D eigenvalue weighted by molar-refractivity contribution is -0.195. The molecule has 0 amide bonds. The van der Waals surface area contributed by atoms with Crippen molar-refractivity contribution in [3.63, 3.8) is 0 Å². The Bertz CT molecular complexity index is 800. The van der Waals surface area contributed by atoms with Crippen LogP contribution >= 0.6 is 0 Å². The van der Waals surface area contributed by atoms with Crippen molar-refractivity contribution < 1.29 is 33.6 Å². The molecule has 206 valence electrons. The number of aliphatic hydroxyl groups excluding tert-OH is 1. The van der Waals surface area contributed by atoms with Crippen molar-refractivity contribution in [3.8, 4) is 0 Å². The largest absolute Gasteiger partial charge is 0.458 e. The standard InChI is InChI=1S/C29H48O7/c1-19(30)22-8-9-23-21-7-6-20-16-27(2,12-13-28(20,3)24(21)10-11-29(22,23)4)36-26(32)18-35-25(31)17-34-15-14-33-5/h20-25,31H,6-18H2,1-5H3/t20-,21-,22+,23-,24-,25?,27+,28-,29+/m0/s1. The highest BCUT2D eigenvalue weighted by Crippen LogP contribution is 2.68. The van der Waals surface area contributed by atoms with Gasteiger partial charge in [-0.05, 0) is 106 Å². The molecule has 4 aliphatic carbocycles. The van der Waals surface area contributed by atoms with Crippen LogP contribution < -0.4 is 0 Å². The zero-order valence-electron chi connectivity index (χ0n) is 23.1. The normalized spacial score (nSPS) is 42.7. The Labute approximate surface area is 217 Å². The highest BCUT2D eigenvalue weighted by molar-refractivity contribution is 5.79. The van der Waals surface area contributed by atoms with Crippen molar-refractivity contribution in [3.05, 3.63) is 0 Å². The van der Waals surface area contributed by atoms with E-state index in [9.17, 15) is 14.7 Å². The molecule has 0 aliphatic heterocycles. The summed E-state index contributed by atoms with van der Waals surface area (Å²) in [4.78, 5) is 25.0. The second-order valence-electron chi connectivity index (χ2n) is 12.9. The van der Waals surface area contributed by atoms with Crippen molar-refractivity contribution in [1.82, 2.24) is 0 Å². The molecule has 4 aliphatic rings. The number of methoxy groups -OCH3 is 1. The Kier molecular flexibility index (Phi) is 8.55. The van der Waals surface area contributed by atoms with Crippen LogP contribution in [0.4, 0.5) is 0 Å². The Morgan fingerprint density at radius 3 is 2.42 bits per heavy atom. The molecule has 0 saturated heterocycles. The molecule has 4 saturated carbocycles. The second-order valence-corrected chi connectivity index (χ2v) is 12.9. The molecule has 36 heavy (non-hydrogen) atoms. The Morgan fingerprint density at radius 1 is 0.944 bits per heavy atom. The van der Waals surface area contributed by atoms with Gasteiger partial charge < -0.3 is 24.1 Å². The van der Waals surface area contributed by atoms with E-state index in [-0.39, 0.29) is 30.0 Å². The third-order valence-electron chi connectivity index (χ3n) is 10.9. The summed E-state index contributed by atoms with van der Waals surface area (Å²) >= 11 is 0. The molecule has 4 rings (SSSR count). The van der Waals surface area contributed by atoms with Crippen molar-refractivity contribution in [2.45, 2.75) is 97.4 Å². The van der Waals surface area contributed by atoms with Gasteiger partial charge in [0.1, 0.15) is 18.0 Å². The van der Waals surface area contributed by atoms with Gasteiger partial charge in [-0.1, -0.05) is 13.8 Å². The van der Waals surface area contributed by atoms with Gasteiger partial charge in [0, 0.05) is 13.0 Å². The van der Waals surface area contributed by atoms with Crippen LogP contribution in [0.3, 0.4) is 0 Å². The van der Waals surface area contributed by atoms with Crippen molar-refractivity contribution in [2.24, 2.45) is 40.4 Å². The molecular formula is C29H48O7. The van der Waals surface area contributed by atoms with E-state index in [1.54, 1.807) is 14.0 Å². The summed E-state index contributed by atoms with van der Waals surface area (Å²) in [5.74, 6) is 2.86. The lowest BCUT2D eigenvalue weighted by Gasteiger charge is -2.62. The van der Waals surface area contributed by atoms with Gasteiger partial charge in [-0.2, -0.15) is 0 Å². The van der Waals surface area contributed by atoms with Gasteiger partial charge in [-0.3, -0.25) is 4.79 Å². The molecule has 9 atom stereocenters. The second kappa shape index (κ2) is 11.0. The summed E-state index contributed by atoms with van der Waals surface area (Å²) in [6, 6.07) is 0. The molecule has 0 aromatic rings. The summed E-state index contributed by atoms with van der Waals surface area (Å²) < 4.78 is 21.3. The smallest absolute Gasteiger partial charge is 0.332 e. The summed E-state index contributed by atoms with van der Waals surface area (Å²) in [6.45, 7) is 9.27. The van der Waals surface area contributed by atoms with Gasteiger partial charge in [0.15, 0.2) is 6.29 Å². The number of esters is 1. The monoisotopic (exact) mass is 508 g/mol. The SMILES string of the molecule is COCCOCC(O)OCC(=O)O[C@]1(C)CC[C@@]2(C)[C@@H](CC[C@@H]3[C@@H]2CC[C@]2(C)[C@@H](C(C)=O)CC[C@@H]32)C1. The topological polar surface area (TPSA) is 91.3 Å². The fraction of sp³-hybridized carbons (Fsp3) is 0.931. The Morgan fingerprint density at radius 2 is 1.69 bits per heavy atom. The van der Waals surface area contributed by atoms with Crippen LogP contribution in [0.2, 0.25) is 0 Å². The first-order chi connectivity index (χ1) is 17.0. The summed E-state index contributed by atoms with van der Waals surface area (Å²) in [7, 11) is 1.58. The third kappa shape index (κ3) is 5.41. The maximum Gasteiger partial charge on any atom is 0.332 e. The maximum atomic E-state index is 12.6. The molecule has 4 fully saturated rings. The van der Waals surface area contributed by atoms with Crippen LogP contribution in [-0.4, -0.2) is 62.3 Å². The number of ketones is 1. The molecule has 0 bridgehead atoms. The van der Waals surface area contributed by atoms with Crippen molar-refractivity contribution in [2.75, 3.05) is 33.5 Å². The molecule has 7 heteroatoms. The quantitative estimate of drug-likeness (QED) is 0.263. The number of hydrogen-bond acceptors (Lipinski definition) is 7. The van der Waals surface area contributed by atoms with Crippen LogP contribution in [0.25, 0.3) is 0 Å². The van der Waals surface area contributed by atoms with E-state index < -0.39 is 17.9 Å². The summed E-state index contributed by atoms with van der Waals surface area (Å²) in [6.07, 6.45) is 8.74. The first kappa shape index (κ1) is 28.0. The predicted molar refractivity (Wildman–Crippen MR) is 135 cm³/mol. The number of Topliss-reactive ketones (excluding diaryl/α,β-unsaturated/α-hetero) is 1. The number of carbonyl (C=O) groups excluding carboxylic acids is 2. The van der Waals surface area contributed by atoms with Gasteiger partial charge >= 0.3 is 5.97 Å². The molecular weight excluding hydrogens is 460 g/mol. The third-order valence-corrected chi connectivity index (χ3v) is 10.9. The predicted octanol–water partition coefficient (Wildman–Crippen LogP) is 4.53. The van der Waals surface area contributed by atoms with Crippen LogP contribution in [0, 0.1) is 40.4 Å². The highest BCUT2D eigenvalue weighted by atomic mass is 16.6. The van der Waals surface area contributed by atoms with Crippen LogP contribution in [0.1, 0.15) is 85.5 Å². The van der Waals surface area contributed by atoms with E-state index in [2.05, 4.69) is 20.8 Å². The molecule has 7 nitrogen and oxygen atoms in total. The van der Waals surface area contributed by atoms with E-state index in [0.29, 0.717) is 36.8 Å². The number of carbonyl (C=O) groups is 2. The average Bonchev–Trinajstić information content (AvgIpc) is 3.18. The number of ether oxygens (including phenoxy) is 4. The lowest BCUT2D eigenvalue weighted by Crippen LogP contribution is -2.56. The summed E-state index contributed by atoms with van der Waals surface area (Å²) in [5.41, 5.74) is -0.0291. The molecule has 1 N–H and O–H groups in total. The number of fused-ring (bicyclic) bond motifs is 5. The lowest BCUT2D eigenvalue weighted by atomic mass is 9.44. The van der Waals surface area contributed by atoms with Gasteiger partial charge in [-0.25, -0.2) is 4.79 Å². The number of aliphatic hydroxyl groups is 1. The van der Waals surface area contributed by atoms with Crippen LogP contribution in [0.15, 0.2) is 0 Å². The van der Waals surface area contributed by atoms with Gasteiger partial charge in [0.2, 0.25) is 0 Å². The van der Waals surface area contributed by atoms with E-state index in [1.807, 2.05) is 0 Å². The van der Waals surface area contributed by atoms with Crippen molar-refractivity contribution in [1.29, 1.82) is 0 Å². The Hall–Kier alpha value is -1.02. The molecule has 1 unspecified atom stereocenters. The van der Waals surface area contributed by atoms with E-state index in [1.165, 1.54) is 32.1 Å². The van der Waals surface area contributed by atoms with E-state index in [0.717, 1.165) is 31.6 Å².